The summed E-state index contributed by atoms with van der Waals surface area (Å²) in [7, 11) is 0. The number of carbonyl (C=O) groups is 2. The van der Waals surface area contributed by atoms with Gasteiger partial charge in [0.2, 0.25) is 5.91 Å². The number of carbonyl (C=O) groups excluding carboxylic acids is 2. The summed E-state index contributed by atoms with van der Waals surface area (Å²) in [6.07, 6.45) is 3.55. The van der Waals surface area contributed by atoms with Crippen LogP contribution in [0.5, 0.6) is 0 Å². The lowest BCUT2D eigenvalue weighted by Crippen LogP contribution is -2.48. The Labute approximate surface area is 164 Å². The van der Waals surface area contributed by atoms with E-state index in [1.54, 1.807) is 12.1 Å². The van der Waals surface area contributed by atoms with Gasteiger partial charge >= 0.3 is 6.03 Å². The lowest BCUT2D eigenvalue weighted by molar-refractivity contribution is -0.384. The minimum atomic E-state index is -0.436. The third-order valence-electron chi connectivity index (χ3n) is 5.34. The molecule has 0 spiro atoms. The van der Waals surface area contributed by atoms with E-state index in [0.29, 0.717) is 39.0 Å². The highest BCUT2D eigenvalue weighted by molar-refractivity contribution is 5.79. The van der Waals surface area contributed by atoms with Crippen molar-refractivity contribution in [2.45, 2.75) is 25.7 Å². The van der Waals surface area contributed by atoms with Gasteiger partial charge in [0, 0.05) is 63.0 Å². The minimum absolute atomic E-state index is 0.0266. The molecule has 2 aliphatic rings. The predicted molar refractivity (Wildman–Crippen MR) is 105 cm³/mol. The molecule has 1 aromatic carbocycles. The van der Waals surface area contributed by atoms with Crippen LogP contribution in [0.1, 0.15) is 25.7 Å². The molecular weight excluding hydrogens is 362 g/mol. The first-order chi connectivity index (χ1) is 13.5. The van der Waals surface area contributed by atoms with Gasteiger partial charge in [0.05, 0.1) is 4.92 Å². The summed E-state index contributed by atoms with van der Waals surface area (Å²) in [4.78, 5) is 38.7. The van der Waals surface area contributed by atoms with Crippen LogP contribution in [0.25, 0.3) is 0 Å². The van der Waals surface area contributed by atoms with Crippen LogP contribution in [0.2, 0.25) is 0 Å². The fourth-order valence-corrected chi connectivity index (χ4v) is 3.68. The third kappa shape index (κ3) is 5.11. The Kier molecular flexibility index (Phi) is 6.67. The molecule has 0 aliphatic carbocycles. The normalized spacial score (nSPS) is 17.4. The van der Waals surface area contributed by atoms with Crippen molar-refractivity contribution in [2.75, 3.05) is 44.6 Å². The van der Waals surface area contributed by atoms with E-state index in [2.05, 4.69) is 10.6 Å². The summed E-state index contributed by atoms with van der Waals surface area (Å²) in [5.74, 6) is -0.0271. The first-order valence-electron chi connectivity index (χ1n) is 9.84. The van der Waals surface area contributed by atoms with E-state index < -0.39 is 4.92 Å². The zero-order valence-corrected chi connectivity index (χ0v) is 15.9. The van der Waals surface area contributed by atoms with Gasteiger partial charge in [-0.3, -0.25) is 14.9 Å². The van der Waals surface area contributed by atoms with Gasteiger partial charge in [-0.25, -0.2) is 4.79 Å². The lowest BCUT2D eigenvalue weighted by Gasteiger charge is -2.34. The number of nitrogens with zero attached hydrogens (tertiary/aromatic N) is 3. The summed E-state index contributed by atoms with van der Waals surface area (Å²) >= 11 is 0. The highest BCUT2D eigenvalue weighted by atomic mass is 16.6. The van der Waals surface area contributed by atoms with Crippen molar-refractivity contribution in [3.8, 4) is 0 Å². The lowest BCUT2D eigenvalue weighted by atomic mass is 9.96. The van der Waals surface area contributed by atoms with Crippen LogP contribution in [0, 0.1) is 16.0 Å². The third-order valence-corrected chi connectivity index (χ3v) is 5.34. The number of non-ortho nitro benzene ring substituents is 1. The van der Waals surface area contributed by atoms with E-state index in [4.69, 9.17) is 0 Å². The van der Waals surface area contributed by atoms with Gasteiger partial charge in [-0.05, 0) is 37.8 Å². The zero-order chi connectivity index (χ0) is 19.9. The number of benzene rings is 1. The first-order valence-corrected chi connectivity index (χ1v) is 9.84. The number of nitro groups is 1. The monoisotopic (exact) mass is 389 g/mol. The van der Waals surface area contributed by atoms with E-state index in [1.165, 1.54) is 12.1 Å². The predicted octanol–water partition coefficient (Wildman–Crippen LogP) is 2.05. The number of hydrogen-bond acceptors (Lipinski definition) is 5. The molecule has 2 fully saturated rings. The second kappa shape index (κ2) is 9.38. The Morgan fingerprint density at radius 3 is 2.21 bits per heavy atom. The molecule has 2 saturated heterocycles. The Hall–Kier alpha value is -2.84. The smallest absolute Gasteiger partial charge is 0.319 e. The van der Waals surface area contributed by atoms with E-state index in [-0.39, 0.29) is 23.5 Å². The maximum atomic E-state index is 12.4. The van der Waals surface area contributed by atoms with Crippen LogP contribution in [0.3, 0.4) is 0 Å². The number of amides is 3. The van der Waals surface area contributed by atoms with Gasteiger partial charge in [-0.15, -0.1) is 0 Å². The average molecular weight is 389 g/mol. The van der Waals surface area contributed by atoms with Crippen molar-refractivity contribution >= 4 is 23.3 Å². The molecule has 0 bridgehead atoms. The van der Waals surface area contributed by atoms with Crippen molar-refractivity contribution < 1.29 is 14.5 Å². The zero-order valence-electron chi connectivity index (χ0n) is 15.9. The molecule has 28 heavy (non-hydrogen) atoms. The van der Waals surface area contributed by atoms with Crippen molar-refractivity contribution in [3.05, 3.63) is 34.4 Å². The highest BCUT2D eigenvalue weighted by Gasteiger charge is 2.30. The molecule has 1 aromatic rings. The number of rotatable bonds is 6. The summed E-state index contributed by atoms with van der Waals surface area (Å²) in [6.45, 7) is 3.98. The van der Waals surface area contributed by atoms with Crippen LogP contribution in [0.15, 0.2) is 24.3 Å². The van der Waals surface area contributed by atoms with Gasteiger partial charge in [0.25, 0.3) is 5.69 Å². The van der Waals surface area contributed by atoms with Gasteiger partial charge in [-0.2, -0.15) is 0 Å². The fraction of sp³-hybridized carbons (Fsp3) is 0.579. The molecular formula is C19H27N5O4. The summed E-state index contributed by atoms with van der Waals surface area (Å²) < 4.78 is 0. The Balaban J connectivity index is 1.33. The molecule has 2 heterocycles. The average Bonchev–Trinajstić information content (AvgIpc) is 3.26. The highest BCUT2D eigenvalue weighted by Crippen LogP contribution is 2.20. The first kappa shape index (κ1) is 19.9. The molecule has 0 radical (unpaired) electrons. The summed E-state index contributed by atoms with van der Waals surface area (Å²) in [5.41, 5.74) is 0.821. The maximum absolute atomic E-state index is 12.4. The van der Waals surface area contributed by atoms with Crippen molar-refractivity contribution in [2.24, 2.45) is 5.92 Å². The van der Waals surface area contributed by atoms with Crippen molar-refractivity contribution in [3.63, 3.8) is 0 Å². The van der Waals surface area contributed by atoms with Crippen LogP contribution in [-0.4, -0.2) is 65.9 Å². The molecule has 0 saturated carbocycles. The van der Waals surface area contributed by atoms with Crippen LogP contribution in [-0.2, 0) is 4.79 Å². The van der Waals surface area contributed by atoms with E-state index in [1.807, 2.05) is 9.80 Å². The Morgan fingerprint density at radius 2 is 1.61 bits per heavy atom. The Bertz CT molecular complexity index is 695. The molecule has 2 N–H and O–H groups in total. The summed E-state index contributed by atoms with van der Waals surface area (Å²) in [5, 5.41) is 16.7. The molecule has 0 atom stereocenters. The van der Waals surface area contributed by atoms with Gasteiger partial charge in [-0.1, -0.05) is 0 Å². The molecule has 9 heteroatoms. The number of urea groups is 1. The van der Waals surface area contributed by atoms with Gasteiger partial charge in [0.15, 0.2) is 0 Å². The number of nitrogens with one attached hydrogen (secondary N) is 2. The SMILES string of the molecule is O=C(NCCNc1ccc([N+](=O)[O-])cc1)C1CCN(C(=O)N2CCCC2)CC1. The Morgan fingerprint density at radius 1 is 1.00 bits per heavy atom. The van der Waals surface area contributed by atoms with E-state index in [0.717, 1.165) is 31.6 Å². The fourth-order valence-electron chi connectivity index (χ4n) is 3.68. The minimum Gasteiger partial charge on any atom is -0.383 e. The molecule has 3 amide bonds. The van der Waals surface area contributed by atoms with Crippen LogP contribution < -0.4 is 10.6 Å². The second-order valence-electron chi connectivity index (χ2n) is 7.26. The number of likely N-dealkylation sites (tertiary alicyclic amines) is 2. The second-order valence-corrected chi connectivity index (χ2v) is 7.26. The molecule has 0 aromatic heterocycles. The van der Waals surface area contributed by atoms with Crippen LogP contribution >= 0.6 is 0 Å². The quantitative estimate of drug-likeness (QED) is 0.440. The number of nitro benzene ring substituents is 1. The van der Waals surface area contributed by atoms with Gasteiger partial charge < -0.3 is 20.4 Å². The maximum Gasteiger partial charge on any atom is 0.319 e. The molecule has 152 valence electrons. The number of hydrogen-bond donors (Lipinski definition) is 2. The van der Waals surface area contributed by atoms with E-state index >= 15 is 0 Å². The molecule has 0 unspecified atom stereocenters. The van der Waals surface area contributed by atoms with Crippen molar-refractivity contribution in [1.29, 1.82) is 0 Å². The molecule has 2 aliphatic heterocycles. The standard InChI is InChI=1S/C19H27N5O4/c25-18(21-10-9-20-16-3-5-17(6-4-16)24(27)28)15-7-13-23(14-8-15)19(26)22-11-1-2-12-22/h3-6,15,20H,1-2,7-14H2,(H,21,25). The van der Waals surface area contributed by atoms with Crippen LogP contribution in [0.4, 0.5) is 16.2 Å². The largest absolute Gasteiger partial charge is 0.383 e. The van der Waals surface area contributed by atoms with Gasteiger partial charge in [0.1, 0.15) is 0 Å². The summed E-state index contributed by atoms with van der Waals surface area (Å²) in [6, 6.07) is 6.29. The van der Waals surface area contributed by atoms with E-state index in [9.17, 15) is 19.7 Å². The van der Waals surface area contributed by atoms with Crippen molar-refractivity contribution in [1.82, 2.24) is 15.1 Å². The molecule has 3 rings (SSSR count). The molecule has 9 nitrogen and oxygen atoms in total. The number of piperidine rings is 1. The number of anilines is 1. The topological polar surface area (TPSA) is 108 Å².